The van der Waals surface area contributed by atoms with Crippen LogP contribution in [0.25, 0.3) is 0 Å². The van der Waals surface area contributed by atoms with Gasteiger partial charge in [-0.2, -0.15) is 0 Å². The van der Waals surface area contributed by atoms with Crippen molar-refractivity contribution in [1.82, 2.24) is 16.0 Å². The summed E-state index contributed by atoms with van der Waals surface area (Å²) in [6.45, 7) is 1.14. The molecule has 0 aromatic heterocycles. The molecule has 6 rings (SSSR count). The number of primary amides is 2. The number of nitrogens with two attached hydrogens (primary N) is 2. The Morgan fingerprint density at radius 2 is 1.16 bits per heavy atom. The van der Waals surface area contributed by atoms with Crippen molar-refractivity contribution in [1.29, 1.82) is 0 Å². The first-order valence-corrected chi connectivity index (χ1v) is 24.9. The summed E-state index contributed by atoms with van der Waals surface area (Å²) in [6, 6.07) is -3.85. The van der Waals surface area contributed by atoms with Crippen molar-refractivity contribution < 1.29 is 151 Å². The number of allylic oxidation sites excluding steroid dienone is 2. The maximum absolute atomic E-state index is 13.2. The maximum atomic E-state index is 13.2. The monoisotopic (exact) mass is 1140 g/mol. The first-order chi connectivity index (χ1) is 35.9. The Morgan fingerprint density at radius 3 is 1.70 bits per heavy atom. The van der Waals surface area contributed by atoms with Crippen LogP contribution in [0, 0.1) is 0 Å². The second kappa shape index (κ2) is 25.4. The van der Waals surface area contributed by atoms with Crippen LogP contribution in [0.15, 0.2) is 11.5 Å². The molecule has 20 N–H and O–H groups in total. The molecule has 0 aromatic carbocycles. The van der Waals surface area contributed by atoms with Crippen molar-refractivity contribution >= 4 is 43.3 Å². The van der Waals surface area contributed by atoms with Crippen molar-refractivity contribution in [3.05, 3.63) is 11.5 Å². The Morgan fingerprint density at radius 1 is 0.623 bits per heavy atom. The third kappa shape index (κ3) is 14.2. The van der Waals surface area contributed by atoms with E-state index in [4.69, 9.17) is 58.8 Å². The third-order valence-electron chi connectivity index (χ3n) is 12.9. The van der Waals surface area contributed by atoms with E-state index in [0.29, 0.717) is 0 Å². The zero-order valence-corrected chi connectivity index (χ0v) is 41.4. The van der Waals surface area contributed by atoms with Crippen molar-refractivity contribution in [3.8, 4) is 0 Å². The van der Waals surface area contributed by atoms with E-state index in [2.05, 4.69) is 20.5 Å². The number of rotatable bonds is 18. The molecule has 20 unspecified atom stereocenters. The number of Topliss-reactive ketones (excluding diaryl/α,β-unsaturated/α-hetero) is 1. The molecule has 25 atom stereocenters. The number of amides is 5. The summed E-state index contributed by atoms with van der Waals surface area (Å²) >= 11 is 0. The molecule has 0 spiro atoms. The van der Waals surface area contributed by atoms with Gasteiger partial charge in [0, 0.05) is 26.7 Å². The standard InChI is InChI=1S/C40H62N5O31P/c1-8-27(70-38-25(58)22(55)23(56)31(73-38)34(61)45-15-11(49)4-5-12(15)50)19(52)16(43-9(2)47)35(67-8)71-28-14(7-66-37-24(57)21(54)18(51)13(6-46)68-37)69-36(17(20(28)53)44-10(3)48)74-32-29(75-40(42)62)26(59)30(33(41)60)72-39(32)76-77(63,64)65/h8,13-14,16-32,35-39,46,49,51-59H,4-7H2,1-3H3,(H2,41,60)(H2,42,62)(H,43,47)(H,44,48)(H,45,61)(H2,63,64,65)/t8?,13?,14?,16?,17?,18?,19-,20-,21?,22?,23-,24?,25?,26?,27?,28?,29+,30?,31?,32?,35?,36?,37?,38-,39?/m1/s1. The minimum absolute atomic E-state index is 0.111. The number of nitrogens with one attached hydrogen (secondary N) is 3. The van der Waals surface area contributed by atoms with Gasteiger partial charge in [0.2, 0.25) is 17.7 Å². The number of phosphoric ester groups is 1. The normalized spacial score (nSPS) is 42.8. The lowest BCUT2D eigenvalue weighted by molar-refractivity contribution is -0.370. The van der Waals surface area contributed by atoms with Gasteiger partial charge in [-0.25, -0.2) is 9.36 Å². The fraction of sp³-hybridized carbons (Fsp3) is 0.800. The van der Waals surface area contributed by atoms with Gasteiger partial charge in [-0.1, -0.05) is 0 Å². The molecule has 5 heterocycles. The average Bonchev–Trinajstić information content (AvgIpc) is 3.65. The van der Waals surface area contributed by atoms with Crippen LogP contribution in [0.2, 0.25) is 0 Å². The maximum Gasteiger partial charge on any atom is 0.472 e. The largest absolute Gasteiger partial charge is 0.510 e. The quantitative estimate of drug-likeness (QED) is 0.0567. The molecule has 37 heteroatoms. The van der Waals surface area contributed by atoms with Crippen LogP contribution in [0.5, 0.6) is 0 Å². The van der Waals surface area contributed by atoms with Gasteiger partial charge in [-0.3, -0.25) is 28.5 Å². The zero-order valence-electron chi connectivity index (χ0n) is 40.5. The Labute approximate surface area is 433 Å². The molecule has 0 saturated carbocycles. The Balaban J connectivity index is 1.33. The van der Waals surface area contributed by atoms with E-state index in [1.54, 1.807) is 0 Å². The fourth-order valence-corrected chi connectivity index (χ4v) is 9.59. The number of ether oxygens (including phenoxy) is 10. The summed E-state index contributed by atoms with van der Waals surface area (Å²) in [5.74, 6) is -5.80. The summed E-state index contributed by atoms with van der Waals surface area (Å²) in [6.07, 6.45) is -49.9. The van der Waals surface area contributed by atoms with Gasteiger partial charge in [0.1, 0.15) is 103 Å². The van der Waals surface area contributed by atoms with Gasteiger partial charge in [-0.15, -0.1) is 0 Å². The van der Waals surface area contributed by atoms with Crippen molar-refractivity contribution in [3.63, 3.8) is 0 Å². The summed E-state index contributed by atoms with van der Waals surface area (Å²) in [4.78, 5) is 95.0. The predicted molar refractivity (Wildman–Crippen MR) is 235 cm³/mol. The lowest BCUT2D eigenvalue weighted by atomic mass is 9.93. The van der Waals surface area contributed by atoms with E-state index in [0.717, 1.165) is 13.8 Å². The van der Waals surface area contributed by atoms with Gasteiger partial charge in [0.05, 0.1) is 19.3 Å². The van der Waals surface area contributed by atoms with Crippen LogP contribution in [0.1, 0.15) is 33.6 Å². The molecule has 77 heavy (non-hydrogen) atoms. The number of hydrogen-bond acceptors (Lipinski definition) is 29. The number of aliphatic hydroxyl groups is 11. The van der Waals surface area contributed by atoms with Crippen LogP contribution in [0.4, 0.5) is 4.79 Å². The van der Waals surface area contributed by atoms with Gasteiger partial charge in [-0.05, 0) is 6.92 Å². The fourth-order valence-electron chi connectivity index (χ4n) is 9.15. The Kier molecular flexibility index (Phi) is 20.5. The molecule has 1 aliphatic carbocycles. The molecule has 438 valence electrons. The zero-order chi connectivity index (χ0) is 57.3. The molecule has 5 amide bonds. The molecule has 6 aliphatic rings. The van der Waals surface area contributed by atoms with E-state index < -0.39 is 221 Å². The number of phosphoric acid groups is 1. The van der Waals surface area contributed by atoms with Crippen LogP contribution in [0.3, 0.4) is 0 Å². The van der Waals surface area contributed by atoms with Gasteiger partial charge in [0.25, 0.3) is 5.91 Å². The molecule has 5 saturated heterocycles. The first-order valence-electron chi connectivity index (χ1n) is 23.3. The first kappa shape index (κ1) is 61.9. The summed E-state index contributed by atoms with van der Waals surface area (Å²) in [5, 5.41) is 126. The number of carbonyl (C=O) groups excluding carboxylic acids is 6. The highest BCUT2D eigenvalue weighted by Crippen LogP contribution is 2.43. The van der Waals surface area contributed by atoms with E-state index in [9.17, 15) is 99.3 Å². The van der Waals surface area contributed by atoms with Crippen LogP contribution in [-0.4, -0.2) is 268 Å². The summed E-state index contributed by atoms with van der Waals surface area (Å²) < 4.78 is 73.8. The molecule has 0 bridgehead atoms. The van der Waals surface area contributed by atoms with Crippen molar-refractivity contribution in [2.45, 2.75) is 187 Å². The van der Waals surface area contributed by atoms with E-state index in [-0.39, 0.29) is 12.8 Å². The molecular weight excluding hydrogens is 1080 g/mol. The topological polar surface area (TPSA) is 572 Å². The van der Waals surface area contributed by atoms with Gasteiger partial charge in [0.15, 0.2) is 61.6 Å². The lowest BCUT2D eigenvalue weighted by Gasteiger charge is -2.50. The molecule has 36 nitrogen and oxygen atoms in total. The number of carbonyl (C=O) groups is 6. The number of ketones is 1. The average molecular weight is 1140 g/mol. The molecule has 5 fully saturated rings. The van der Waals surface area contributed by atoms with Crippen LogP contribution >= 0.6 is 7.82 Å². The van der Waals surface area contributed by atoms with Crippen LogP contribution < -0.4 is 27.4 Å². The lowest BCUT2D eigenvalue weighted by Crippen LogP contribution is -2.71. The highest BCUT2D eigenvalue weighted by atomic mass is 31.2. The van der Waals surface area contributed by atoms with E-state index in [1.807, 2.05) is 0 Å². The minimum atomic E-state index is -5.72. The predicted octanol–water partition coefficient (Wildman–Crippen LogP) is -10.6. The highest BCUT2D eigenvalue weighted by Gasteiger charge is 2.59. The van der Waals surface area contributed by atoms with Gasteiger partial charge < -0.3 is 141 Å². The van der Waals surface area contributed by atoms with Crippen molar-refractivity contribution in [2.75, 3.05) is 13.2 Å². The SMILES string of the molecule is CC(=O)NC1C(OC2C(COC3OC(CO)C(O)C(O)C3O)OC(OC3C(OP(=O)(O)O)OC(C(N)=O)C(O)[C@@H]3OC(N)=O)C(NC(C)=O)[C@H]2O)OC(C)C(O[C@@H]2OC(C(=O)NC3=C(O)CCC3=O)[C@H](O)C(O)C2O)[C@@H]1O. The molecule has 0 radical (unpaired) electrons. The number of hydrogen-bond donors (Lipinski definition) is 18. The molecular formula is C40H62N5O31P. The minimum Gasteiger partial charge on any atom is -0.510 e. The summed E-state index contributed by atoms with van der Waals surface area (Å²) in [5.41, 5.74) is 10.00. The highest BCUT2D eigenvalue weighted by molar-refractivity contribution is 7.46. The Bertz CT molecular complexity index is 2230. The Hall–Kier alpha value is -4.29. The van der Waals surface area contributed by atoms with E-state index in [1.165, 1.54) is 6.92 Å². The number of aliphatic hydroxyl groups excluding tert-OH is 11. The second-order valence-electron chi connectivity index (χ2n) is 18.5. The smallest absolute Gasteiger partial charge is 0.472 e. The third-order valence-corrected chi connectivity index (χ3v) is 13.4. The molecule has 0 aromatic rings. The second-order valence-corrected chi connectivity index (χ2v) is 19.7. The van der Waals surface area contributed by atoms with Gasteiger partial charge >= 0.3 is 13.9 Å². The van der Waals surface area contributed by atoms with Crippen LogP contribution in [-0.2, 0) is 80.4 Å². The van der Waals surface area contributed by atoms with Crippen molar-refractivity contribution in [2.24, 2.45) is 11.5 Å². The summed E-state index contributed by atoms with van der Waals surface area (Å²) in [7, 11) is -5.72. The molecule has 5 aliphatic heterocycles. The van der Waals surface area contributed by atoms with E-state index >= 15 is 0 Å².